The Bertz CT molecular complexity index is 1220. The van der Waals surface area contributed by atoms with E-state index >= 15 is 0 Å². The van der Waals surface area contributed by atoms with Crippen molar-refractivity contribution in [2.45, 2.75) is 38.7 Å². The predicted molar refractivity (Wildman–Crippen MR) is 125 cm³/mol. The SMILES string of the molecule is Cc1ccccc1N1CCCc2ccc(COc3ccc4c(c3)C[C@H]3[C@H](C(=O)O)[C@@H]43)cc21. The van der Waals surface area contributed by atoms with E-state index in [0.717, 1.165) is 31.6 Å². The molecule has 0 unspecified atom stereocenters. The zero-order valence-electron chi connectivity index (χ0n) is 18.3. The van der Waals surface area contributed by atoms with Crippen LogP contribution in [0.25, 0.3) is 0 Å². The molecule has 1 heterocycles. The van der Waals surface area contributed by atoms with Crippen LogP contribution < -0.4 is 9.64 Å². The van der Waals surface area contributed by atoms with E-state index in [1.165, 1.54) is 39.2 Å². The number of nitrogens with zero attached hydrogens (tertiary/aromatic N) is 1. The minimum Gasteiger partial charge on any atom is -0.489 e. The van der Waals surface area contributed by atoms with Crippen LogP contribution in [0.4, 0.5) is 11.4 Å². The molecule has 4 heteroatoms. The van der Waals surface area contributed by atoms with Crippen LogP contribution in [0.3, 0.4) is 0 Å². The maximum atomic E-state index is 11.3. The van der Waals surface area contributed by atoms with E-state index in [2.05, 4.69) is 66.4 Å². The highest BCUT2D eigenvalue weighted by Crippen LogP contribution is 2.61. The first-order valence-electron chi connectivity index (χ1n) is 11.5. The third-order valence-corrected chi connectivity index (χ3v) is 7.46. The maximum absolute atomic E-state index is 11.3. The molecular formula is C28H27NO3. The van der Waals surface area contributed by atoms with Crippen molar-refractivity contribution in [3.8, 4) is 5.75 Å². The normalized spacial score (nSPS) is 22.7. The summed E-state index contributed by atoms with van der Waals surface area (Å²) < 4.78 is 6.16. The van der Waals surface area contributed by atoms with Crippen LogP contribution >= 0.6 is 0 Å². The number of benzene rings is 3. The van der Waals surface area contributed by atoms with E-state index in [0.29, 0.717) is 6.61 Å². The summed E-state index contributed by atoms with van der Waals surface area (Å²) >= 11 is 0. The van der Waals surface area contributed by atoms with Crippen molar-refractivity contribution < 1.29 is 14.6 Å². The first-order valence-corrected chi connectivity index (χ1v) is 11.5. The Labute approximate surface area is 188 Å². The van der Waals surface area contributed by atoms with Crippen molar-refractivity contribution in [2.75, 3.05) is 11.4 Å². The fourth-order valence-corrected chi connectivity index (χ4v) is 5.81. The highest BCUT2D eigenvalue weighted by atomic mass is 16.5. The zero-order valence-corrected chi connectivity index (χ0v) is 18.3. The summed E-state index contributed by atoms with van der Waals surface area (Å²) in [5.41, 5.74) is 8.89. The number of anilines is 2. The van der Waals surface area contributed by atoms with E-state index in [-0.39, 0.29) is 17.8 Å². The molecule has 1 aliphatic heterocycles. The van der Waals surface area contributed by atoms with Gasteiger partial charge in [0.05, 0.1) is 5.92 Å². The second-order valence-electron chi connectivity index (χ2n) is 9.41. The Morgan fingerprint density at radius 1 is 1.06 bits per heavy atom. The average molecular weight is 426 g/mol. The Kier molecular flexibility index (Phi) is 4.49. The first-order chi connectivity index (χ1) is 15.6. The molecule has 6 rings (SSSR count). The molecule has 0 bridgehead atoms. The molecular weight excluding hydrogens is 398 g/mol. The summed E-state index contributed by atoms with van der Waals surface area (Å²) in [4.78, 5) is 13.8. The predicted octanol–water partition coefficient (Wildman–Crippen LogP) is 5.63. The largest absolute Gasteiger partial charge is 0.489 e. The lowest BCUT2D eigenvalue weighted by atomic mass is 9.98. The Morgan fingerprint density at radius 3 is 2.78 bits per heavy atom. The number of hydrogen-bond donors (Lipinski definition) is 1. The van der Waals surface area contributed by atoms with Gasteiger partial charge in [0.25, 0.3) is 0 Å². The van der Waals surface area contributed by atoms with E-state index in [1.807, 2.05) is 6.07 Å². The van der Waals surface area contributed by atoms with Crippen LogP contribution in [-0.2, 0) is 24.2 Å². The van der Waals surface area contributed by atoms with Gasteiger partial charge in [0.15, 0.2) is 0 Å². The average Bonchev–Trinajstić information content (AvgIpc) is 3.40. The molecule has 162 valence electrons. The van der Waals surface area contributed by atoms with E-state index in [4.69, 9.17) is 4.74 Å². The van der Waals surface area contributed by atoms with Crippen molar-refractivity contribution in [1.29, 1.82) is 0 Å². The standard InChI is InChI=1S/C28H27NO3/c1-17-5-2-3-7-24(17)29-12-4-6-19-9-8-18(13-25(19)29)16-32-21-10-11-22-20(14-21)15-23-26(22)27(23)28(30)31/h2-3,5,7-11,13-14,23,26-27H,4,6,12,15-16H2,1H3,(H,30,31)/t23-,26+,27+/m1/s1. The monoisotopic (exact) mass is 425 g/mol. The minimum absolute atomic E-state index is 0.180. The number of rotatable bonds is 5. The van der Waals surface area contributed by atoms with Gasteiger partial charge in [-0.2, -0.15) is 0 Å². The van der Waals surface area contributed by atoms with Gasteiger partial charge in [-0.15, -0.1) is 0 Å². The van der Waals surface area contributed by atoms with Gasteiger partial charge in [0.2, 0.25) is 0 Å². The topological polar surface area (TPSA) is 49.8 Å². The highest BCUT2D eigenvalue weighted by molar-refractivity contribution is 5.78. The number of carboxylic acid groups (broad SMARTS) is 1. The van der Waals surface area contributed by atoms with Gasteiger partial charge in [-0.1, -0.05) is 36.4 Å². The fourth-order valence-electron chi connectivity index (χ4n) is 5.81. The molecule has 4 nitrogen and oxygen atoms in total. The Balaban J connectivity index is 1.20. The minimum atomic E-state index is -0.655. The molecule has 0 spiro atoms. The summed E-state index contributed by atoms with van der Waals surface area (Å²) in [6, 6.07) is 21.5. The fraction of sp³-hybridized carbons (Fsp3) is 0.321. The van der Waals surface area contributed by atoms with Gasteiger partial charge in [-0.3, -0.25) is 4.79 Å². The van der Waals surface area contributed by atoms with Crippen LogP contribution in [0.5, 0.6) is 5.75 Å². The Hall–Kier alpha value is -3.27. The van der Waals surface area contributed by atoms with Crippen molar-refractivity contribution in [2.24, 2.45) is 11.8 Å². The second-order valence-corrected chi connectivity index (χ2v) is 9.41. The lowest BCUT2D eigenvalue weighted by molar-refractivity contribution is -0.139. The number of ether oxygens (including phenoxy) is 1. The lowest BCUT2D eigenvalue weighted by Crippen LogP contribution is -2.25. The van der Waals surface area contributed by atoms with Crippen LogP contribution in [0, 0.1) is 18.8 Å². The quantitative estimate of drug-likeness (QED) is 0.576. The highest BCUT2D eigenvalue weighted by Gasteiger charge is 2.59. The summed E-state index contributed by atoms with van der Waals surface area (Å²) in [6.45, 7) is 3.73. The maximum Gasteiger partial charge on any atom is 0.307 e. The van der Waals surface area contributed by atoms with Crippen LogP contribution in [0.2, 0.25) is 0 Å². The molecule has 1 N–H and O–H groups in total. The third-order valence-electron chi connectivity index (χ3n) is 7.46. The van der Waals surface area contributed by atoms with Crippen molar-refractivity contribution >= 4 is 17.3 Å². The molecule has 0 amide bonds. The summed E-state index contributed by atoms with van der Waals surface area (Å²) in [5.74, 6) is 0.528. The van der Waals surface area contributed by atoms with Crippen molar-refractivity contribution in [3.05, 3.63) is 88.5 Å². The number of aryl methyl sites for hydroxylation is 2. The Morgan fingerprint density at radius 2 is 1.94 bits per heavy atom. The molecule has 0 aromatic heterocycles. The van der Waals surface area contributed by atoms with Crippen molar-refractivity contribution in [3.63, 3.8) is 0 Å². The van der Waals surface area contributed by atoms with Gasteiger partial charge in [-0.25, -0.2) is 0 Å². The van der Waals surface area contributed by atoms with Crippen LogP contribution in [0.15, 0.2) is 60.7 Å². The molecule has 3 atom stereocenters. The van der Waals surface area contributed by atoms with Gasteiger partial charge < -0.3 is 14.7 Å². The molecule has 2 aliphatic carbocycles. The van der Waals surface area contributed by atoms with E-state index in [1.54, 1.807) is 0 Å². The van der Waals surface area contributed by atoms with Gasteiger partial charge >= 0.3 is 5.97 Å². The van der Waals surface area contributed by atoms with Crippen LogP contribution in [0.1, 0.15) is 40.2 Å². The summed E-state index contributed by atoms with van der Waals surface area (Å²) in [5, 5.41) is 9.31. The number of aliphatic carboxylic acids is 1. The number of para-hydroxylation sites is 1. The molecule has 3 aromatic carbocycles. The smallest absolute Gasteiger partial charge is 0.307 e. The molecule has 3 aliphatic rings. The molecule has 32 heavy (non-hydrogen) atoms. The number of hydrogen-bond acceptors (Lipinski definition) is 3. The molecule has 1 fully saturated rings. The second kappa shape index (κ2) is 7.40. The van der Waals surface area contributed by atoms with Crippen LogP contribution in [-0.4, -0.2) is 17.6 Å². The number of carboxylic acids is 1. The lowest BCUT2D eigenvalue weighted by Gasteiger charge is -2.33. The van der Waals surface area contributed by atoms with Gasteiger partial charge in [0, 0.05) is 23.8 Å². The summed E-state index contributed by atoms with van der Waals surface area (Å²) in [7, 11) is 0. The zero-order chi connectivity index (χ0) is 21.8. The van der Waals surface area contributed by atoms with Gasteiger partial charge in [0.1, 0.15) is 12.4 Å². The number of fused-ring (bicyclic) bond motifs is 4. The molecule has 0 radical (unpaired) electrons. The molecule has 0 saturated heterocycles. The van der Waals surface area contributed by atoms with Crippen molar-refractivity contribution in [1.82, 2.24) is 0 Å². The first kappa shape index (κ1) is 19.4. The van der Waals surface area contributed by atoms with E-state index < -0.39 is 5.97 Å². The molecule has 1 saturated carbocycles. The van der Waals surface area contributed by atoms with Gasteiger partial charge in [-0.05, 0) is 84.2 Å². The molecule has 3 aromatic rings. The number of carbonyl (C=O) groups is 1. The van der Waals surface area contributed by atoms with E-state index in [9.17, 15) is 9.90 Å². The third kappa shape index (κ3) is 3.17. The summed E-state index contributed by atoms with van der Waals surface area (Å²) in [6.07, 6.45) is 3.14.